The molecule has 25 heavy (non-hydrogen) atoms. The lowest BCUT2D eigenvalue weighted by Gasteiger charge is -2.17. The predicted molar refractivity (Wildman–Crippen MR) is 113 cm³/mol. The second-order valence-electron chi connectivity index (χ2n) is 8.87. The summed E-state index contributed by atoms with van der Waals surface area (Å²) in [5, 5.41) is 12.4. The molecule has 0 aromatic heterocycles. The van der Waals surface area contributed by atoms with Crippen molar-refractivity contribution in [1.82, 2.24) is 5.32 Å². The Morgan fingerprint density at radius 1 is 0.800 bits per heavy atom. The Labute approximate surface area is 158 Å². The third-order valence-corrected chi connectivity index (χ3v) is 5.37. The molecule has 0 bridgehead atoms. The smallest absolute Gasteiger partial charge is 0.0614 e. The molecule has 0 aliphatic carbocycles. The minimum absolute atomic E-state index is 0.187. The normalized spacial score (nSPS) is 16.2. The number of hydrogen-bond acceptors (Lipinski definition) is 2. The summed E-state index contributed by atoms with van der Waals surface area (Å²) in [4.78, 5) is 0. The molecule has 0 aliphatic rings. The van der Waals surface area contributed by atoms with E-state index < -0.39 is 0 Å². The van der Waals surface area contributed by atoms with E-state index in [1.807, 2.05) is 6.08 Å². The highest BCUT2D eigenvalue weighted by Crippen LogP contribution is 2.22. The predicted octanol–water partition coefficient (Wildman–Crippen LogP) is 6.34. The summed E-state index contributed by atoms with van der Waals surface area (Å²) in [5.74, 6) is 2.53. The minimum Gasteiger partial charge on any atom is -0.392 e. The Morgan fingerprint density at radius 2 is 1.28 bits per heavy atom. The van der Waals surface area contributed by atoms with E-state index in [2.05, 4.69) is 46.9 Å². The minimum atomic E-state index is 0.187. The van der Waals surface area contributed by atoms with Crippen molar-refractivity contribution in [3.8, 4) is 0 Å². The molecule has 3 unspecified atom stereocenters. The van der Waals surface area contributed by atoms with Crippen LogP contribution in [0.5, 0.6) is 0 Å². The summed E-state index contributed by atoms with van der Waals surface area (Å²) < 4.78 is 0. The van der Waals surface area contributed by atoms with Crippen molar-refractivity contribution in [2.75, 3.05) is 13.2 Å². The lowest BCUT2D eigenvalue weighted by atomic mass is 9.91. The molecule has 0 amide bonds. The van der Waals surface area contributed by atoms with Crippen molar-refractivity contribution in [1.29, 1.82) is 0 Å². The number of aliphatic hydroxyl groups is 1. The van der Waals surface area contributed by atoms with Crippen molar-refractivity contribution in [3.63, 3.8) is 0 Å². The van der Waals surface area contributed by atoms with Gasteiger partial charge in [-0.15, -0.1) is 0 Å². The van der Waals surface area contributed by atoms with Crippen LogP contribution in [0.1, 0.15) is 99.3 Å². The monoisotopic (exact) mass is 353 g/mol. The van der Waals surface area contributed by atoms with E-state index in [-0.39, 0.29) is 6.61 Å². The fourth-order valence-electron chi connectivity index (χ4n) is 3.44. The molecular weight excluding hydrogens is 306 g/mol. The molecule has 0 aliphatic heterocycles. The summed E-state index contributed by atoms with van der Waals surface area (Å²) in [6, 6.07) is 0.609. The van der Waals surface area contributed by atoms with Crippen molar-refractivity contribution >= 4 is 0 Å². The molecule has 0 aromatic rings. The molecule has 0 saturated heterocycles. The maximum atomic E-state index is 8.87. The van der Waals surface area contributed by atoms with E-state index in [0.717, 1.165) is 30.7 Å². The highest BCUT2D eigenvalue weighted by molar-refractivity contribution is 4.97. The first-order chi connectivity index (χ1) is 11.8. The summed E-state index contributed by atoms with van der Waals surface area (Å²) in [5.41, 5.74) is 1.33. The van der Waals surface area contributed by atoms with Gasteiger partial charge in [0.15, 0.2) is 0 Å². The zero-order valence-electron chi connectivity index (χ0n) is 18.1. The molecule has 0 spiro atoms. The van der Waals surface area contributed by atoms with Crippen LogP contribution in [0.2, 0.25) is 0 Å². The number of hydrogen-bond donors (Lipinski definition) is 2. The Bertz CT molecular complexity index is 324. The molecule has 0 saturated carbocycles. The van der Waals surface area contributed by atoms with Crippen LogP contribution in [-0.4, -0.2) is 24.3 Å². The average molecular weight is 354 g/mol. The summed E-state index contributed by atoms with van der Waals surface area (Å²) in [6.45, 7) is 15.1. The molecule has 2 N–H and O–H groups in total. The molecule has 150 valence electrons. The van der Waals surface area contributed by atoms with E-state index in [4.69, 9.17) is 5.11 Å². The number of nitrogens with one attached hydrogen (secondary N) is 1. The molecular formula is C23H47NO. The zero-order chi connectivity index (χ0) is 19.1. The van der Waals surface area contributed by atoms with E-state index in [9.17, 15) is 0 Å². The van der Waals surface area contributed by atoms with Crippen LogP contribution >= 0.6 is 0 Å². The van der Waals surface area contributed by atoms with Crippen LogP contribution in [0.25, 0.3) is 0 Å². The van der Waals surface area contributed by atoms with Gasteiger partial charge < -0.3 is 10.4 Å². The van der Waals surface area contributed by atoms with Gasteiger partial charge in [-0.05, 0) is 50.5 Å². The second kappa shape index (κ2) is 15.9. The summed E-state index contributed by atoms with van der Waals surface area (Å²) in [6.07, 6.45) is 14.0. The van der Waals surface area contributed by atoms with E-state index >= 15 is 0 Å². The highest BCUT2D eigenvalue weighted by atomic mass is 16.2. The Kier molecular flexibility index (Phi) is 15.7. The lowest BCUT2D eigenvalue weighted by Crippen LogP contribution is -2.27. The quantitative estimate of drug-likeness (QED) is 0.317. The Morgan fingerprint density at radius 3 is 1.76 bits per heavy atom. The van der Waals surface area contributed by atoms with Gasteiger partial charge >= 0.3 is 0 Å². The van der Waals surface area contributed by atoms with Crippen LogP contribution in [0.3, 0.4) is 0 Å². The Hall–Kier alpha value is -0.340. The van der Waals surface area contributed by atoms with Gasteiger partial charge in [-0.25, -0.2) is 0 Å². The van der Waals surface area contributed by atoms with Crippen molar-refractivity contribution < 1.29 is 5.11 Å². The van der Waals surface area contributed by atoms with Crippen molar-refractivity contribution in [2.45, 2.75) is 105 Å². The maximum Gasteiger partial charge on any atom is 0.0614 e. The van der Waals surface area contributed by atoms with Crippen LogP contribution in [0.4, 0.5) is 0 Å². The summed E-state index contributed by atoms with van der Waals surface area (Å²) >= 11 is 0. The Balaban J connectivity index is 3.59. The van der Waals surface area contributed by atoms with Gasteiger partial charge in [0.25, 0.3) is 0 Å². The largest absolute Gasteiger partial charge is 0.392 e. The standard InChI is InChI=1S/C23H47NO/c1-19(2)24-18-23(6)15-9-13-21(4)11-7-10-20(3)12-8-14-22(5)16-17-25/h16,19-21,23-25H,7-15,17-18H2,1-6H3/b22-16+. The van der Waals surface area contributed by atoms with Gasteiger partial charge in [0.05, 0.1) is 6.61 Å². The van der Waals surface area contributed by atoms with E-state index in [1.54, 1.807) is 0 Å². The fourth-order valence-corrected chi connectivity index (χ4v) is 3.44. The van der Waals surface area contributed by atoms with Gasteiger partial charge in [-0.2, -0.15) is 0 Å². The SMILES string of the molecule is C/C(=C\CO)CCCC(C)CCCC(C)CCCC(C)CNC(C)C. The number of rotatable bonds is 16. The topological polar surface area (TPSA) is 32.3 Å². The van der Waals surface area contributed by atoms with Crippen LogP contribution < -0.4 is 5.32 Å². The molecule has 3 atom stereocenters. The highest BCUT2D eigenvalue weighted by Gasteiger charge is 2.08. The van der Waals surface area contributed by atoms with Gasteiger partial charge in [-0.1, -0.05) is 84.8 Å². The van der Waals surface area contributed by atoms with Crippen molar-refractivity contribution in [2.24, 2.45) is 17.8 Å². The van der Waals surface area contributed by atoms with Crippen LogP contribution in [0, 0.1) is 17.8 Å². The number of aliphatic hydroxyl groups excluding tert-OH is 1. The molecule has 2 nitrogen and oxygen atoms in total. The van der Waals surface area contributed by atoms with Crippen LogP contribution in [-0.2, 0) is 0 Å². The van der Waals surface area contributed by atoms with Gasteiger partial charge in [0.1, 0.15) is 0 Å². The first-order valence-corrected chi connectivity index (χ1v) is 10.8. The first-order valence-electron chi connectivity index (χ1n) is 10.8. The molecule has 0 aromatic carbocycles. The van der Waals surface area contributed by atoms with E-state index in [1.165, 1.54) is 56.9 Å². The lowest BCUT2D eigenvalue weighted by molar-refractivity contribution is 0.341. The molecule has 0 rings (SSSR count). The number of allylic oxidation sites excluding steroid dienone is 1. The van der Waals surface area contributed by atoms with Crippen molar-refractivity contribution in [3.05, 3.63) is 11.6 Å². The second-order valence-corrected chi connectivity index (χ2v) is 8.87. The maximum absolute atomic E-state index is 8.87. The van der Waals surface area contributed by atoms with Gasteiger partial charge in [-0.3, -0.25) is 0 Å². The molecule has 2 heteroatoms. The molecule has 0 radical (unpaired) electrons. The average Bonchev–Trinajstić information content (AvgIpc) is 2.53. The molecule has 0 fully saturated rings. The fraction of sp³-hybridized carbons (Fsp3) is 0.913. The third-order valence-electron chi connectivity index (χ3n) is 5.37. The van der Waals surface area contributed by atoms with E-state index in [0.29, 0.717) is 6.04 Å². The summed E-state index contributed by atoms with van der Waals surface area (Å²) in [7, 11) is 0. The third kappa shape index (κ3) is 16.9. The molecule has 0 heterocycles. The first kappa shape index (κ1) is 24.7. The van der Waals surface area contributed by atoms with Gasteiger partial charge in [0.2, 0.25) is 0 Å². The zero-order valence-corrected chi connectivity index (χ0v) is 18.1. The van der Waals surface area contributed by atoms with Crippen LogP contribution in [0.15, 0.2) is 11.6 Å². The van der Waals surface area contributed by atoms with Gasteiger partial charge in [0, 0.05) is 6.04 Å².